The van der Waals surface area contributed by atoms with Crippen LogP contribution in [0, 0.1) is 0 Å². The summed E-state index contributed by atoms with van der Waals surface area (Å²) in [5, 5.41) is 12.9. The number of nitrogens with one attached hydrogen (secondary N) is 1. The number of aliphatic hydroxyl groups excluding tert-OH is 1. The molecule has 0 spiro atoms. The number of Topliss-reactive ketones (excluding diaryl/α,β-unsaturated/α-hetero) is 1. The molecule has 5 heteroatoms. The summed E-state index contributed by atoms with van der Waals surface area (Å²) in [5.74, 6) is 0.0465. The lowest BCUT2D eigenvalue weighted by Crippen LogP contribution is -2.38. The first-order valence-electron chi connectivity index (χ1n) is 6.28. The Labute approximate surface area is 117 Å². The van der Waals surface area contributed by atoms with E-state index < -0.39 is 5.60 Å². The normalized spacial score (nSPS) is 16.2. The van der Waals surface area contributed by atoms with Crippen LogP contribution >= 0.6 is 0 Å². The van der Waals surface area contributed by atoms with Crippen molar-refractivity contribution >= 4 is 17.4 Å². The van der Waals surface area contributed by atoms with Crippen LogP contribution < -0.4 is 10.1 Å². The zero-order valence-electron chi connectivity index (χ0n) is 11.9. The summed E-state index contributed by atoms with van der Waals surface area (Å²) in [4.78, 5) is 22.8. The molecule has 0 aliphatic carbocycles. The maximum atomic E-state index is 11.5. The molecular formula is C15H17NO4. The number of benzene rings is 1. The molecule has 1 aromatic rings. The summed E-state index contributed by atoms with van der Waals surface area (Å²) < 4.78 is 5.71. The highest BCUT2D eigenvalue weighted by atomic mass is 16.5. The number of hydrogen-bond acceptors (Lipinski definition) is 4. The number of fused-ring (bicyclic) bond motifs is 1. The van der Waals surface area contributed by atoms with E-state index >= 15 is 0 Å². The molecule has 2 N–H and O–H groups in total. The fourth-order valence-corrected chi connectivity index (χ4v) is 2.09. The first-order valence-corrected chi connectivity index (χ1v) is 6.28. The molecule has 0 unspecified atom stereocenters. The van der Waals surface area contributed by atoms with Gasteiger partial charge in [-0.25, -0.2) is 0 Å². The Balaban J connectivity index is 2.64. The van der Waals surface area contributed by atoms with E-state index in [2.05, 4.69) is 5.32 Å². The van der Waals surface area contributed by atoms with Gasteiger partial charge >= 0.3 is 0 Å². The minimum absolute atomic E-state index is 0.0686. The van der Waals surface area contributed by atoms with Gasteiger partial charge in [0.1, 0.15) is 5.75 Å². The molecule has 0 fully saturated rings. The van der Waals surface area contributed by atoms with Crippen LogP contribution in [0.1, 0.15) is 43.6 Å². The zero-order chi connectivity index (χ0) is 15.1. The van der Waals surface area contributed by atoms with Crippen LogP contribution in [-0.2, 0) is 4.79 Å². The Kier molecular flexibility index (Phi) is 3.29. The quantitative estimate of drug-likeness (QED) is 0.813. The standard InChI is InChI=1S/C15H17NO4/c1-8(17)10-5-6-12-11(7-10)13(16-9(2)18)14(19)15(3,4)20-12/h5-7,19H,1-4H3,(H,16,18). The van der Waals surface area contributed by atoms with Gasteiger partial charge in [-0.1, -0.05) is 0 Å². The van der Waals surface area contributed by atoms with E-state index in [4.69, 9.17) is 4.74 Å². The van der Waals surface area contributed by atoms with Gasteiger partial charge in [-0.3, -0.25) is 9.59 Å². The van der Waals surface area contributed by atoms with Crippen molar-refractivity contribution in [2.24, 2.45) is 0 Å². The molecule has 0 saturated heterocycles. The van der Waals surface area contributed by atoms with Crippen molar-refractivity contribution in [3.63, 3.8) is 0 Å². The van der Waals surface area contributed by atoms with Gasteiger partial charge in [0.2, 0.25) is 5.91 Å². The van der Waals surface area contributed by atoms with Crippen molar-refractivity contribution in [1.29, 1.82) is 0 Å². The predicted molar refractivity (Wildman–Crippen MR) is 74.5 cm³/mol. The highest BCUT2D eigenvalue weighted by molar-refractivity contribution is 5.96. The van der Waals surface area contributed by atoms with Crippen LogP contribution in [0.3, 0.4) is 0 Å². The second kappa shape index (κ2) is 4.67. The Morgan fingerprint density at radius 2 is 1.90 bits per heavy atom. The van der Waals surface area contributed by atoms with Crippen molar-refractivity contribution in [2.45, 2.75) is 33.3 Å². The molecule has 0 atom stereocenters. The fourth-order valence-electron chi connectivity index (χ4n) is 2.09. The van der Waals surface area contributed by atoms with E-state index in [-0.39, 0.29) is 23.1 Å². The van der Waals surface area contributed by atoms with Crippen LogP contribution in [-0.4, -0.2) is 22.4 Å². The Morgan fingerprint density at radius 3 is 2.45 bits per heavy atom. The summed E-state index contributed by atoms with van der Waals surface area (Å²) >= 11 is 0. The third-order valence-electron chi connectivity index (χ3n) is 3.13. The lowest BCUT2D eigenvalue weighted by Gasteiger charge is -2.33. The molecular weight excluding hydrogens is 258 g/mol. The van der Waals surface area contributed by atoms with Crippen molar-refractivity contribution in [3.05, 3.63) is 35.1 Å². The number of aliphatic hydroxyl groups is 1. The lowest BCUT2D eigenvalue weighted by molar-refractivity contribution is -0.117. The largest absolute Gasteiger partial charge is 0.506 e. The van der Waals surface area contributed by atoms with Gasteiger partial charge in [0.25, 0.3) is 0 Å². The summed E-state index contributed by atoms with van der Waals surface area (Å²) in [6.07, 6.45) is 0. The average molecular weight is 275 g/mol. The van der Waals surface area contributed by atoms with Crippen molar-refractivity contribution in [1.82, 2.24) is 5.32 Å². The highest BCUT2D eigenvalue weighted by Crippen LogP contribution is 2.38. The number of rotatable bonds is 2. The molecule has 1 aromatic carbocycles. The average Bonchev–Trinajstić information content (AvgIpc) is 2.33. The minimum Gasteiger partial charge on any atom is -0.506 e. The topological polar surface area (TPSA) is 75.6 Å². The molecule has 1 aliphatic heterocycles. The van der Waals surface area contributed by atoms with Crippen molar-refractivity contribution < 1.29 is 19.4 Å². The molecule has 20 heavy (non-hydrogen) atoms. The molecule has 5 nitrogen and oxygen atoms in total. The molecule has 106 valence electrons. The number of ketones is 1. The molecule has 1 aliphatic rings. The molecule has 0 bridgehead atoms. The molecule has 0 saturated carbocycles. The predicted octanol–water partition coefficient (Wildman–Crippen LogP) is 2.42. The third-order valence-corrected chi connectivity index (χ3v) is 3.13. The number of ether oxygens (including phenoxy) is 1. The number of hydrogen-bond donors (Lipinski definition) is 2. The Morgan fingerprint density at radius 1 is 1.25 bits per heavy atom. The molecule has 1 heterocycles. The fraction of sp³-hybridized carbons (Fsp3) is 0.333. The minimum atomic E-state index is -0.942. The first-order chi connectivity index (χ1) is 9.22. The first kappa shape index (κ1) is 14.1. The van der Waals surface area contributed by atoms with Crippen LogP contribution in [0.5, 0.6) is 5.75 Å². The molecule has 0 aromatic heterocycles. The van der Waals surface area contributed by atoms with Crippen LogP contribution in [0.25, 0.3) is 5.70 Å². The molecule has 0 radical (unpaired) electrons. The second-order valence-corrected chi connectivity index (χ2v) is 5.28. The van der Waals surface area contributed by atoms with E-state index in [1.54, 1.807) is 32.0 Å². The van der Waals surface area contributed by atoms with Gasteiger partial charge < -0.3 is 15.2 Å². The lowest BCUT2D eigenvalue weighted by atomic mass is 9.95. The van der Waals surface area contributed by atoms with Gasteiger partial charge in [-0.05, 0) is 39.0 Å². The summed E-state index contributed by atoms with van der Waals surface area (Å²) in [6.45, 7) is 6.21. The zero-order valence-corrected chi connectivity index (χ0v) is 11.9. The van der Waals surface area contributed by atoms with E-state index in [1.165, 1.54) is 13.8 Å². The van der Waals surface area contributed by atoms with Gasteiger partial charge in [-0.15, -0.1) is 0 Å². The van der Waals surface area contributed by atoms with Crippen molar-refractivity contribution in [2.75, 3.05) is 0 Å². The van der Waals surface area contributed by atoms with E-state index in [9.17, 15) is 14.7 Å². The van der Waals surface area contributed by atoms with E-state index in [1.807, 2.05) is 0 Å². The van der Waals surface area contributed by atoms with E-state index in [0.29, 0.717) is 16.9 Å². The molecule has 1 amide bonds. The van der Waals surface area contributed by atoms with Crippen LogP contribution in [0.2, 0.25) is 0 Å². The summed E-state index contributed by atoms with van der Waals surface area (Å²) in [6, 6.07) is 4.93. The number of amides is 1. The van der Waals surface area contributed by atoms with Gasteiger partial charge in [0, 0.05) is 18.1 Å². The Bertz CT molecular complexity index is 629. The maximum Gasteiger partial charge on any atom is 0.221 e. The van der Waals surface area contributed by atoms with Gasteiger partial charge in [0.15, 0.2) is 17.1 Å². The maximum absolute atomic E-state index is 11.5. The third kappa shape index (κ3) is 2.39. The number of carbonyl (C=O) groups excluding carboxylic acids is 2. The highest BCUT2D eigenvalue weighted by Gasteiger charge is 2.36. The SMILES string of the molecule is CC(=O)NC1=C(O)C(C)(C)Oc2ccc(C(C)=O)cc21. The van der Waals surface area contributed by atoms with Crippen molar-refractivity contribution in [3.8, 4) is 5.75 Å². The monoisotopic (exact) mass is 275 g/mol. The van der Waals surface area contributed by atoms with Crippen LogP contribution in [0.4, 0.5) is 0 Å². The summed E-state index contributed by atoms with van der Waals surface area (Å²) in [5.41, 5.74) is 0.335. The smallest absolute Gasteiger partial charge is 0.221 e. The molecule has 2 rings (SSSR count). The van der Waals surface area contributed by atoms with Crippen LogP contribution in [0.15, 0.2) is 24.0 Å². The Hall–Kier alpha value is -2.30. The summed E-state index contributed by atoms with van der Waals surface area (Å²) in [7, 11) is 0. The second-order valence-electron chi connectivity index (χ2n) is 5.28. The van der Waals surface area contributed by atoms with E-state index in [0.717, 1.165) is 0 Å². The van der Waals surface area contributed by atoms with Gasteiger partial charge in [0.05, 0.1) is 5.70 Å². The van der Waals surface area contributed by atoms with Gasteiger partial charge in [-0.2, -0.15) is 0 Å². The number of carbonyl (C=O) groups is 2.